The molecule has 0 saturated carbocycles. The first-order valence-corrected chi connectivity index (χ1v) is 6.29. The van der Waals surface area contributed by atoms with E-state index in [1.165, 1.54) is 0 Å². The molecule has 0 radical (unpaired) electrons. The molecule has 0 atom stereocenters. The average Bonchev–Trinajstić information content (AvgIpc) is 2.66. The summed E-state index contributed by atoms with van der Waals surface area (Å²) in [5.41, 5.74) is 6.77. The molecule has 0 aliphatic rings. The van der Waals surface area contributed by atoms with Gasteiger partial charge in [-0.2, -0.15) is 0 Å². The SMILES string of the molecule is CCCn1cc(N)cc1C(=O)OCCOC(C)C. The molecule has 1 heterocycles. The zero-order valence-electron chi connectivity index (χ0n) is 11.3. The second-order valence-corrected chi connectivity index (χ2v) is 4.41. The molecule has 0 spiro atoms. The summed E-state index contributed by atoms with van der Waals surface area (Å²) >= 11 is 0. The Kier molecular flexibility index (Phi) is 5.71. The van der Waals surface area contributed by atoms with E-state index in [9.17, 15) is 4.79 Å². The Balaban J connectivity index is 2.50. The molecule has 0 aromatic carbocycles. The maximum atomic E-state index is 11.8. The van der Waals surface area contributed by atoms with Crippen LogP contribution in [0.2, 0.25) is 0 Å². The lowest BCUT2D eigenvalue weighted by Gasteiger charge is -2.09. The van der Waals surface area contributed by atoms with Gasteiger partial charge in [0.25, 0.3) is 0 Å². The van der Waals surface area contributed by atoms with Crippen molar-refractivity contribution >= 4 is 11.7 Å². The first-order chi connectivity index (χ1) is 8.54. The van der Waals surface area contributed by atoms with Crippen molar-refractivity contribution in [2.24, 2.45) is 0 Å². The molecule has 5 nitrogen and oxygen atoms in total. The molecule has 0 unspecified atom stereocenters. The number of nitrogens with two attached hydrogens (primary N) is 1. The topological polar surface area (TPSA) is 66.5 Å². The van der Waals surface area contributed by atoms with Crippen LogP contribution < -0.4 is 5.73 Å². The molecule has 102 valence electrons. The number of aromatic nitrogens is 1. The third-order valence-corrected chi connectivity index (χ3v) is 2.36. The third-order valence-electron chi connectivity index (χ3n) is 2.36. The Morgan fingerprint density at radius 3 is 2.78 bits per heavy atom. The summed E-state index contributed by atoms with van der Waals surface area (Å²) in [6.07, 6.45) is 2.83. The highest BCUT2D eigenvalue weighted by Gasteiger charge is 2.13. The van der Waals surface area contributed by atoms with Crippen molar-refractivity contribution in [1.29, 1.82) is 0 Å². The third kappa shape index (κ3) is 4.41. The van der Waals surface area contributed by atoms with Gasteiger partial charge in [0.1, 0.15) is 12.3 Å². The first kappa shape index (κ1) is 14.6. The van der Waals surface area contributed by atoms with E-state index in [0.29, 0.717) is 18.0 Å². The second-order valence-electron chi connectivity index (χ2n) is 4.41. The number of hydrogen-bond acceptors (Lipinski definition) is 4. The van der Waals surface area contributed by atoms with Gasteiger partial charge >= 0.3 is 5.97 Å². The van der Waals surface area contributed by atoms with Gasteiger partial charge in [0.15, 0.2) is 0 Å². The lowest BCUT2D eigenvalue weighted by atomic mass is 10.4. The van der Waals surface area contributed by atoms with E-state index in [1.54, 1.807) is 12.3 Å². The van der Waals surface area contributed by atoms with Gasteiger partial charge in [0.2, 0.25) is 0 Å². The Labute approximate surface area is 108 Å². The summed E-state index contributed by atoms with van der Waals surface area (Å²) in [6, 6.07) is 1.64. The van der Waals surface area contributed by atoms with Crippen LogP contribution in [0.15, 0.2) is 12.3 Å². The highest BCUT2D eigenvalue weighted by Crippen LogP contribution is 2.12. The van der Waals surface area contributed by atoms with Crippen LogP contribution in [0.3, 0.4) is 0 Å². The van der Waals surface area contributed by atoms with Crippen LogP contribution in [-0.2, 0) is 16.0 Å². The van der Waals surface area contributed by atoms with Crippen LogP contribution in [0.25, 0.3) is 0 Å². The molecule has 1 aromatic rings. The Morgan fingerprint density at radius 1 is 1.44 bits per heavy atom. The van der Waals surface area contributed by atoms with Crippen molar-refractivity contribution in [3.63, 3.8) is 0 Å². The van der Waals surface area contributed by atoms with Gasteiger partial charge in [0.05, 0.1) is 18.4 Å². The summed E-state index contributed by atoms with van der Waals surface area (Å²) in [4.78, 5) is 11.8. The number of carbonyl (C=O) groups excluding carboxylic acids is 1. The number of ether oxygens (including phenoxy) is 2. The molecule has 1 aromatic heterocycles. The number of hydrogen-bond donors (Lipinski definition) is 1. The van der Waals surface area contributed by atoms with Gasteiger partial charge < -0.3 is 19.8 Å². The predicted molar refractivity (Wildman–Crippen MR) is 70.5 cm³/mol. The quantitative estimate of drug-likeness (QED) is 0.597. The van der Waals surface area contributed by atoms with Crippen molar-refractivity contribution in [3.8, 4) is 0 Å². The molecule has 0 aliphatic heterocycles. The highest BCUT2D eigenvalue weighted by molar-refractivity contribution is 5.89. The Hall–Kier alpha value is -1.49. The van der Waals surface area contributed by atoms with Crippen LogP contribution in [0.1, 0.15) is 37.7 Å². The van der Waals surface area contributed by atoms with Crippen molar-refractivity contribution in [3.05, 3.63) is 18.0 Å². The number of carbonyl (C=O) groups is 1. The van der Waals surface area contributed by atoms with E-state index >= 15 is 0 Å². The van der Waals surface area contributed by atoms with Crippen LogP contribution in [0, 0.1) is 0 Å². The summed E-state index contributed by atoms with van der Waals surface area (Å²) < 4.78 is 12.3. The van der Waals surface area contributed by atoms with Gasteiger partial charge in [-0.15, -0.1) is 0 Å². The molecule has 1 rings (SSSR count). The molecular weight excluding hydrogens is 232 g/mol. The van der Waals surface area contributed by atoms with E-state index in [1.807, 2.05) is 25.3 Å². The predicted octanol–water partition coefficient (Wildman–Crippen LogP) is 2.06. The fourth-order valence-electron chi connectivity index (χ4n) is 1.62. The summed E-state index contributed by atoms with van der Waals surface area (Å²) in [6.45, 7) is 7.34. The minimum Gasteiger partial charge on any atom is -0.459 e. The van der Waals surface area contributed by atoms with Crippen molar-refractivity contribution in [2.45, 2.75) is 39.8 Å². The van der Waals surface area contributed by atoms with E-state index in [2.05, 4.69) is 0 Å². The molecule has 2 N–H and O–H groups in total. The van der Waals surface area contributed by atoms with Crippen molar-refractivity contribution in [1.82, 2.24) is 4.57 Å². The lowest BCUT2D eigenvalue weighted by molar-refractivity contribution is 0.0169. The minimum atomic E-state index is -0.354. The number of anilines is 1. The zero-order chi connectivity index (χ0) is 13.5. The van der Waals surface area contributed by atoms with Gasteiger partial charge in [0, 0.05) is 12.7 Å². The molecule has 0 aliphatic carbocycles. The maximum Gasteiger partial charge on any atom is 0.355 e. The van der Waals surface area contributed by atoms with Gasteiger partial charge in [-0.3, -0.25) is 0 Å². The molecular formula is C13H22N2O3. The fourth-order valence-corrected chi connectivity index (χ4v) is 1.62. The minimum absolute atomic E-state index is 0.142. The standard InChI is InChI=1S/C13H22N2O3/c1-4-5-15-9-11(14)8-12(15)13(16)18-7-6-17-10(2)3/h8-10H,4-7,14H2,1-3H3. The second kappa shape index (κ2) is 7.06. The van der Waals surface area contributed by atoms with E-state index < -0.39 is 0 Å². The Bertz CT molecular complexity index is 386. The normalized spacial score (nSPS) is 10.9. The number of rotatable bonds is 7. The average molecular weight is 254 g/mol. The maximum absolute atomic E-state index is 11.8. The summed E-state index contributed by atoms with van der Waals surface area (Å²) in [7, 11) is 0. The van der Waals surface area contributed by atoms with Crippen molar-refractivity contribution in [2.75, 3.05) is 18.9 Å². The van der Waals surface area contributed by atoms with E-state index in [-0.39, 0.29) is 18.7 Å². The molecule has 5 heteroatoms. The van der Waals surface area contributed by atoms with Crippen molar-refractivity contribution < 1.29 is 14.3 Å². The fraction of sp³-hybridized carbons (Fsp3) is 0.615. The smallest absolute Gasteiger partial charge is 0.355 e. The number of esters is 1. The van der Waals surface area contributed by atoms with Gasteiger partial charge in [-0.05, 0) is 26.3 Å². The van der Waals surface area contributed by atoms with E-state index in [4.69, 9.17) is 15.2 Å². The monoisotopic (exact) mass is 254 g/mol. The van der Waals surface area contributed by atoms with Crippen LogP contribution in [0.4, 0.5) is 5.69 Å². The molecule has 0 amide bonds. The number of aryl methyl sites for hydroxylation is 1. The Morgan fingerprint density at radius 2 is 2.17 bits per heavy atom. The zero-order valence-corrected chi connectivity index (χ0v) is 11.3. The summed E-state index contributed by atoms with van der Waals surface area (Å²) in [5, 5.41) is 0. The largest absolute Gasteiger partial charge is 0.459 e. The first-order valence-electron chi connectivity index (χ1n) is 6.29. The molecule has 0 bridgehead atoms. The van der Waals surface area contributed by atoms with Gasteiger partial charge in [-0.1, -0.05) is 6.92 Å². The lowest BCUT2D eigenvalue weighted by Crippen LogP contribution is -2.16. The summed E-state index contributed by atoms with van der Waals surface area (Å²) in [5.74, 6) is -0.354. The van der Waals surface area contributed by atoms with Crippen LogP contribution in [0.5, 0.6) is 0 Å². The van der Waals surface area contributed by atoms with Crippen LogP contribution >= 0.6 is 0 Å². The molecule has 0 fully saturated rings. The van der Waals surface area contributed by atoms with Crippen LogP contribution in [-0.4, -0.2) is 29.9 Å². The molecule has 0 saturated heterocycles. The highest BCUT2D eigenvalue weighted by atomic mass is 16.6. The molecule has 18 heavy (non-hydrogen) atoms. The number of nitrogens with zero attached hydrogens (tertiary/aromatic N) is 1. The van der Waals surface area contributed by atoms with E-state index in [0.717, 1.165) is 13.0 Å². The number of nitrogen functional groups attached to an aromatic ring is 1. The van der Waals surface area contributed by atoms with Gasteiger partial charge in [-0.25, -0.2) is 4.79 Å².